The Morgan fingerprint density at radius 2 is 1.95 bits per heavy atom. The fourth-order valence-electron chi connectivity index (χ4n) is 2.40. The van der Waals surface area contributed by atoms with Crippen LogP contribution in [-0.2, 0) is 17.8 Å². The zero-order valence-corrected chi connectivity index (χ0v) is 11.0. The standard InChI is InChI=1S/C16H15NO3/c18-15-8-4-7-14-13(15)9-10-17(14)16(19)20-11-12-5-2-1-3-6-12/h1-8,18H,9-11H2. The SMILES string of the molecule is O=C(OCc1ccccc1)N1CCc2c(O)cccc21. The monoisotopic (exact) mass is 269 g/mol. The van der Waals surface area contributed by atoms with Crippen molar-refractivity contribution in [3.8, 4) is 5.75 Å². The third kappa shape index (κ3) is 2.32. The van der Waals surface area contributed by atoms with Crippen LogP contribution in [0.25, 0.3) is 0 Å². The molecule has 0 radical (unpaired) electrons. The van der Waals surface area contributed by atoms with Gasteiger partial charge in [0.2, 0.25) is 0 Å². The Morgan fingerprint density at radius 3 is 2.75 bits per heavy atom. The molecule has 1 amide bonds. The molecule has 0 aromatic heterocycles. The van der Waals surface area contributed by atoms with E-state index in [0.717, 1.165) is 16.8 Å². The molecule has 0 bridgehead atoms. The summed E-state index contributed by atoms with van der Waals surface area (Å²) in [5.41, 5.74) is 2.50. The minimum atomic E-state index is -0.377. The van der Waals surface area contributed by atoms with E-state index in [9.17, 15) is 9.90 Å². The van der Waals surface area contributed by atoms with E-state index in [1.165, 1.54) is 0 Å². The lowest BCUT2D eigenvalue weighted by molar-refractivity contribution is 0.147. The molecule has 0 saturated carbocycles. The average molecular weight is 269 g/mol. The molecule has 1 heterocycles. The lowest BCUT2D eigenvalue weighted by Crippen LogP contribution is -2.29. The summed E-state index contributed by atoms with van der Waals surface area (Å²) in [6, 6.07) is 14.8. The Bertz CT molecular complexity index is 625. The van der Waals surface area contributed by atoms with Crippen LogP contribution in [-0.4, -0.2) is 17.7 Å². The van der Waals surface area contributed by atoms with Crippen LogP contribution >= 0.6 is 0 Å². The molecule has 0 aliphatic carbocycles. The zero-order chi connectivity index (χ0) is 13.9. The van der Waals surface area contributed by atoms with Gasteiger partial charge in [0.15, 0.2) is 0 Å². The summed E-state index contributed by atoms with van der Waals surface area (Å²) >= 11 is 0. The van der Waals surface area contributed by atoms with Gasteiger partial charge in [-0.2, -0.15) is 0 Å². The van der Waals surface area contributed by atoms with Gasteiger partial charge in [-0.05, 0) is 24.1 Å². The highest BCUT2D eigenvalue weighted by Crippen LogP contribution is 2.34. The molecule has 4 nitrogen and oxygen atoms in total. The second-order valence-electron chi connectivity index (χ2n) is 4.72. The molecular formula is C16H15NO3. The number of hydrogen-bond donors (Lipinski definition) is 1. The zero-order valence-electron chi connectivity index (χ0n) is 11.0. The largest absolute Gasteiger partial charge is 0.508 e. The number of carbonyl (C=O) groups excluding carboxylic acids is 1. The van der Waals surface area contributed by atoms with Crippen LogP contribution in [0.5, 0.6) is 5.75 Å². The normalized spacial score (nSPS) is 13.1. The molecule has 1 aliphatic rings. The van der Waals surface area contributed by atoms with E-state index in [2.05, 4.69) is 0 Å². The molecule has 2 aromatic carbocycles. The van der Waals surface area contributed by atoms with E-state index in [1.807, 2.05) is 36.4 Å². The number of rotatable bonds is 2. The maximum absolute atomic E-state index is 12.1. The molecule has 1 aliphatic heterocycles. The molecule has 102 valence electrons. The van der Waals surface area contributed by atoms with Gasteiger partial charge in [0.1, 0.15) is 12.4 Å². The predicted octanol–water partition coefficient (Wildman–Crippen LogP) is 3.09. The lowest BCUT2D eigenvalue weighted by atomic mass is 10.1. The fourth-order valence-corrected chi connectivity index (χ4v) is 2.40. The number of aromatic hydroxyl groups is 1. The number of anilines is 1. The summed E-state index contributed by atoms with van der Waals surface area (Å²) in [5, 5.41) is 9.76. The summed E-state index contributed by atoms with van der Waals surface area (Å²) in [7, 11) is 0. The van der Waals surface area contributed by atoms with Gasteiger partial charge in [-0.15, -0.1) is 0 Å². The Labute approximate surface area is 117 Å². The number of carbonyl (C=O) groups is 1. The van der Waals surface area contributed by atoms with Crippen molar-refractivity contribution in [2.75, 3.05) is 11.4 Å². The van der Waals surface area contributed by atoms with Crippen LogP contribution < -0.4 is 4.90 Å². The maximum Gasteiger partial charge on any atom is 0.414 e. The van der Waals surface area contributed by atoms with Crippen molar-refractivity contribution in [3.05, 3.63) is 59.7 Å². The number of ether oxygens (including phenoxy) is 1. The highest BCUT2D eigenvalue weighted by Gasteiger charge is 2.27. The summed E-state index contributed by atoms with van der Waals surface area (Å²) in [6.45, 7) is 0.796. The smallest absolute Gasteiger partial charge is 0.414 e. The second kappa shape index (κ2) is 5.25. The molecule has 0 saturated heterocycles. The highest BCUT2D eigenvalue weighted by atomic mass is 16.6. The van der Waals surface area contributed by atoms with Crippen LogP contribution in [0.15, 0.2) is 48.5 Å². The molecule has 0 unspecified atom stereocenters. The van der Waals surface area contributed by atoms with Crippen LogP contribution in [0.4, 0.5) is 10.5 Å². The van der Waals surface area contributed by atoms with E-state index in [1.54, 1.807) is 17.0 Å². The van der Waals surface area contributed by atoms with Crippen molar-refractivity contribution < 1.29 is 14.6 Å². The van der Waals surface area contributed by atoms with E-state index in [-0.39, 0.29) is 18.4 Å². The molecular weight excluding hydrogens is 254 g/mol. The number of nitrogens with zero attached hydrogens (tertiary/aromatic N) is 1. The maximum atomic E-state index is 12.1. The molecule has 1 N–H and O–H groups in total. The van der Waals surface area contributed by atoms with Crippen molar-refractivity contribution in [3.63, 3.8) is 0 Å². The van der Waals surface area contributed by atoms with Crippen LogP contribution in [0.1, 0.15) is 11.1 Å². The van der Waals surface area contributed by atoms with E-state index in [4.69, 9.17) is 4.74 Å². The summed E-state index contributed by atoms with van der Waals surface area (Å²) in [5.74, 6) is 0.237. The summed E-state index contributed by atoms with van der Waals surface area (Å²) in [4.78, 5) is 13.7. The van der Waals surface area contributed by atoms with Crippen molar-refractivity contribution in [2.45, 2.75) is 13.0 Å². The van der Waals surface area contributed by atoms with Gasteiger partial charge in [-0.3, -0.25) is 4.90 Å². The first kappa shape index (κ1) is 12.5. The Balaban J connectivity index is 1.70. The summed E-state index contributed by atoms with van der Waals surface area (Å²) in [6.07, 6.45) is 0.279. The Kier molecular flexibility index (Phi) is 3.29. The molecule has 0 fully saturated rings. The number of amides is 1. The molecule has 3 rings (SSSR count). The van der Waals surface area contributed by atoms with E-state index in [0.29, 0.717) is 13.0 Å². The van der Waals surface area contributed by atoms with Crippen LogP contribution in [0.2, 0.25) is 0 Å². The minimum absolute atomic E-state index is 0.237. The van der Waals surface area contributed by atoms with Crippen LogP contribution in [0.3, 0.4) is 0 Å². The second-order valence-corrected chi connectivity index (χ2v) is 4.72. The quantitative estimate of drug-likeness (QED) is 0.911. The minimum Gasteiger partial charge on any atom is -0.508 e. The first-order chi connectivity index (χ1) is 9.75. The van der Waals surface area contributed by atoms with Gasteiger partial charge < -0.3 is 9.84 Å². The van der Waals surface area contributed by atoms with Gasteiger partial charge in [0.25, 0.3) is 0 Å². The summed E-state index contributed by atoms with van der Waals surface area (Å²) < 4.78 is 5.31. The predicted molar refractivity (Wildman–Crippen MR) is 75.8 cm³/mol. The lowest BCUT2D eigenvalue weighted by Gasteiger charge is -2.17. The van der Waals surface area contributed by atoms with Crippen molar-refractivity contribution >= 4 is 11.8 Å². The van der Waals surface area contributed by atoms with Gasteiger partial charge in [-0.25, -0.2) is 4.79 Å². The number of hydrogen-bond acceptors (Lipinski definition) is 3. The van der Waals surface area contributed by atoms with Gasteiger partial charge in [-0.1, -0.05) is 36.4 Å². The number of benzene rings is 2. The van der Waals surface area contributed by atoms with Crippen molar-refractivity contribution in [1.82, 2.24) is 0 Å². The third-order valence-electron chi connectivity index (χ3n) is 3.43. The highest BCUT2D eigenvalue weighted by molar-refractivity contribution is 5.91. The van der Waals surface area contributed by atoms with Gasteiger partial charge >= 0.3 is 6.09 Å². The van der Waals surface area contributed by atoms with Gasteiger partial charge in [0, 0.05) is 12.1 Å². The number of phenolic OH excluding ortho intramolecular Hbond substituents is 1. The Morgan fingerprint density at radius 1 is 1.15 bits per heavy atom. The molecule has 2 aromatic rings. The third-order valence-corrected chi connectivity index (χ3v) is 3.43. The van der Waals surface area contributed by atoms with Crippen molar-refractivity contribution in [1.29, 1.82) is 0 Å². The fraction of sp³-hybridized carbons (Fsp3) is 0.188. The number of fused-ring (bicyclic) bond motifs is 1. The molecule has 0 atom stereocenters. The molecule has 0 spiro atoms. The average Bonchev–Trinajstić information content (AvgIpc) is 2.91. The Hall–Kier alpha value is -2.49. The van der Waals surface area contributed by atoms with Crippen molar-refractivity contribution in [2.24, 2.45) is 0 Å². The topological polar surface area (TPSA) is 49.8 Å². The number of phenols is 1. The van der Waals surface area contributed by atoms with E-state index < -0.39 is 0 Å². The molecule has 4 heteroatoms. The first-order valence-corrected chi connectivity index (χ1v) is 6.55. The van der Waals surface area contributed by atoms with Gasteiger partial charge in [0.05, 0.1) is 5.69 Å². The van der Waals surface area contributed by atoms with Crippen LogP contribution in [0, 0.1) is 0 Å². The van der Waals surface area contributed by atoms with E-state index >= 15 is 0 Å². The first-order valence-electron chi connectivity index (χ1n) is 6.55. The molecule has 20 heavy (non-hydrogen) atoms.